The van der Waals surface area contributed by atoms with Crippen molar-refractivity contribution in [3.63, 3.8) is 0 Å². The van der Waals surface area contributed by atoms with Crippen LogP contribution in [0.3, 0.4) is 0 Å². The molecule has 1 aliphatic carbocycles. The summed E-state index contributed by atoms with van der Waals surface area (Å²) < 4.78 is 0. The fourth-order valence-corrected chi connectivity index (χ4v) is 3.87. The Labute approximate surface area is 124 Å². The maximum absolute atomic E-state index is 12.8. The highest BCUT2D eigenvalue weighted by Gasteiger charge is 2.51. The van der Waals surface area contributed by atoms with Crippen molar-refractivity contribution in [2.24, 2.45) is 0 Å². The molecule has 1 amide bonds. The summed E-state index contributed by atoms with van der Waals surface area (Å²) in [6, 6.07) is 7.95. The standard InChI is InChI=1S/C17H21NO3/c1-2-8-17(16(20)21)9-5-10-18(17)15(19)14-11-12-6-3-4-7-13(12)14/h3-4,6-7,14H,2,5,8-11H2,1H3,(H,20,21). The molecule has 2 unspecified atom stereocenters. The molecular weight excluding hydrogens is 266 g/mol. The number of carboxylic acid groups (broad SMARTS) is 1. The van der Waals surface area contributed by atoms with E-state index in [0.717, 1.165) is 24.8 Å². The molecular formula is C17H21NO3. The average molecular weight is 287 g/mol. The van der Waals surface area contributed by atoms with Gasteiger partial charge in [-0.2, -0.15) is 0 Å². The zero-order valence-electron chi connectivity index (χ0n) is 12.3. The Morgan fingerprint density at radius 2 is 2.14 bits per heavy atom. The lowest BCUT2D eigenvalue weighted by molar-refractivity contribution is -0.158. The highest BCUT2D eigenvalue weighted by molar-refractivity contribution is 5.92. The van der Waals surface area contributed by atoms with Gasteiger partial charge in [-0.15, -0.1) is 0 Å². The van der Waals surface area contributed by atoms with Gasteiger partial charge < -0.3 is 10.0 Å². The van der Waals surface area contributed by atoms with E-state index in [1.165, 1.54) is 5.56 Å². The van der Waals surface area contributed by atoms with Crippen molar-refractivity contribution in [3.05, 3.63) is 35.4 Å². The fourth-order valence-electron chi connectivity index (χ4n) is 3.87. The van der Waals surface area contributed by atoms with Crippen LogP contribution in [0, 0.1) is 0 Å². The average Bonchev–Trinajstić information content (AvgIpc) is 2.85. The third-order valence-corrected chi connectivity index (χ3v) is 4.97. The second-order valence-electron chi connectivity index (χ2n) is 6.14. The maximum atomic E-state index is 12.8. The molecule has 1 aromatic carbocycles. The molecule has 2 atom stereocenters. The number of likely N-dealkylation sites (tertiary alicyclic amines) is 1. The number of carbonyl (C=O) groups is 2. The van der Waals surface area contributed by atoms with Crippen LogP contribution in [-0.2, 0) is 16.0 Å². The normalized spacial score (nSPS) is 27.1. The predicted octanol–water partition coefficient (Wildman–Crippen LogP) is 2.57. The van der Waals surface area contributed by atoms with E-state index in [2.05, 4.69) is 0 Å². The van der Waals surface area contributed by atoms with Crippen LogP contribution in [0.1, 0.15) is 49.7 Å². The molecule has 21 heavy (non-hydrogen) atoms. The van der Waals surface area contributed by atoms with Crippen LogP contribution in [0.5, 0.6) is 0 Å². The molecule has 0 saturated carbocycles. The summed E-state index contributed by atoms with van der Waals surface area (Å²) in [6.45, 7) is 2.55. The number of benzene rings is 1. The topological polar surface area (TPSA) is 57.6 Å². The number of hydrogen-bond acceptors (Lipinski definition) is 2. The summed E-state index contributed by atoms with van der Waals surface area (Å²) in [5.41, 5.74) is 1.31. The van der Waals surface area contributed by atoms with E-state index in [9.17, 15) is 14.7 Å². The zero-order chi connectivity index (χ0) is 15.0. The Hall–Kier alpha value is -1.84. The smallest absolute Gasteiger partial charge is 0.329 e. The summed E-state index contributed by atoms with van der Waals surface area (Å²) in [4.78, 5) is 26.3. The van der Waals surface area contributed by atoms with Crippen molar-refractivity contribution in [2.75, 3.05) is 6.54 Å². The molecule has 112 valence electrons. The van der Waals surface area contributed by atoms with E-state index in [1.54, 1.807) is 4.90 Å². The van der Waals surface area contributed by atoms with Crippen LogP contribution in [0.2, 0.25) is 0 Å². The molecule has 1 aliphatic heterocycles. The van der Waals surface area contributed by atoms with Gasteiger partial charge in [-0.3, -0.25) is 4.79 Å². The van der Waals surface area contributed by atoms with E-state index >= 15 is 0 Å². The molecule has 0 radical (unpaired) electrons. The van der Waals surface area contributed by atoms with Crippen molar-refractivity contribution in [2.45, 2.75) is 50.5 Å². The summed E-state index contributed by atoms with van der Waals surface area (Å²) in [5.74, 6) is -0.986. The molecule has 3 rings (SSSR count). The van der Waals surface area contributed by atoms with Gasteiger partial charge in [0.15, 0.2) is 0 Å². The third-order valence-electron chi connectivity index (χ3n) is 4.97. The van der Waals surface area contributed by atoms with E-state index in [-0.39, 0.29) is 11.8 Å². The van der Waals surface area contributed by atoms with Gasteiger partial charge in [-0.05, 0) is 36.8 Å². The van der Waals surface area contributed by atoms with Gasteiger partial charge in [-0.25, -0.2) is 4.79 Å². The second-order valence-corrected chi connectivity index (χ2v) is 6.14. The summed E-state index contributed by atoms with van der Waals surface area (Å²) >= 11 is 0. The van der Waals surface area contributed by atoms with Crippen LogP contribution >= 0.6 is 0 Å². The quantitative estimate of drug-likeness (QED) is 0.926. The number of hydrogen-bond donors (Lipinski definition) is 1. The van der Waals surface area contributed by atoms with Crippen molar-refractivity contribution >= 4 is 11.9 Å². The molecule has 0 spiro atoms. The molecule has 2 aliphatic rings. The summed E-state index contributed by atoms with van der Waals surface area (Å²) in [6.07, 6.45) is 3.43. The maximum Gasteiger partial charge on any atom is 0.329 e. The van der Waals surface area contributed by atoms with E-state index in [1.807, 2.05) is 31.2 Å². The van der Waals surface area contributed by atoms with Crippen LogP contribution < -0.4 is 0 Å². The highest BCUT2D eigenvalue weighted by Crippen LogP contribution is 2.41. The first-order valence-electron chi connectivity index (χ1n) is 7.73. The van der Waals surface area contributed by atoms with Crippen LogP contribution in [0.25, 0.3) is 0 Å². The number of amides is 1. The minimum atomic E-state index is -0.976. The largest absolute Gasteiger partial charge is 0.479 e. The van der Waals surface area contributed by atoms with E-state index in [4.69, 9.17) is 0 Å². The van der Waals surface area contributed by atoms with Crippen LogP contribution in [0.15, 0.2) is 24.3 Å². The van der Waals surface area contributed by atoms with Gasteiger partial charge >= 0.3 is 5.97 Å². The number of aliphatic carboxylic acids is 1. The van der Waals surface area contributed by atoms with Gasteiger partial charge in [-0.1, -0.05) is 37.6 Å². The molecule has 1 saturated heterocycles. The number of carbonyl (C=O) groups excluding carboxylic acids is 1. The van der Waals surface area contributed by atoms with Crippen molar-refractivity contribution in [1.29, 1.82) is 0 Å². The van der Waals surface area contributed by atoms with E-state index in [0.29, 0.717) is 19.4 Å². The van der Waals surface area contributed by atoms with Gasteiger partial charge in [0, 0.05) is 6.54 Å². The Morgan fingerprint density at radius 3 is 2.81 bits per heavy atom. The predicted molar refractivity (Wildman–Crippen MR) is 79.1 cm³/mol. The van der Waals surface area contributed by atoms with Crippen molar-refractivity contribution < 1.29 is 14.7 Å². The van der Waals surface area contributed by atoms with Gasteiger partial charge in [0.1, 0.15) is 5.54 Å². The molecule has 0 aromatic heterocycles. The Kier molecular flexibility index (Phi) is 3.47. The highest BCUT2D eigenvalue weighted by atomic mass is 16.4. The van der Waals surface area contributed by atoms with Gasteiger partial charge in [0.25, 0.3) is 0 Å². The molecule has 4 heteroatoms. The minimum Gasteiger partial charge on any atom is -0.479 e. The summed E-state index contributed by atoms with van der Waals surface area (Å²) in [5, 5.41) is 9.69. The molecule has 4 nitrogen and oxygen atoms in total. The SMILES string of the molecule is CCCC1(C(=O)O)CCCN1C(=O)C1Cc2ccccc21. The fraction of sp³-hybridized carbons (Fsp3) is 0.529. The lowest BCUT2D eigenvalue weighted by atomic mass is 9.76. The number of fused-ring (bicyclic) bond motifs is 1. The van der Waals surface area contributed by atoms with Crippen molar-refractivity contribution in [1.82, 2.24) is 4.90 Å². The number of nitrogens with zero attached hydrogens (tertiary/aromatic N) is 1. The first kappa shape index (κ1) is 14.1. The minimum absolute atomic E-state index is 0.00190. The molecule has 1 fully saturated rings. The third kappa shape index (κ3) is 2.04. The Balaban J connectivity index is 1.86. The second kappa shape index (κ2) is 5.17. The number of carboxylic acids is 1. The lowest BCUT2D eigenvalue weighted by Crippen LogP contribution is -2.55. The van der Waals surface area contributed by atoms with Crippen LogP contribution in [-0.4, -0.2) is 34.0 Å². The molecule has 1 heterocycles. The monoisotopic (exact) mass is 287 g/mol. The summed E-state index contributed by atoms with van der Waals surface area (Å²) in [7, 11) is 0. The lowest BCUT2D eigenvalue weighted by Gasteiger charge is -2.39. The molecule has 0 bridgehead atoms. The molecule has 1 aromatic rings. The van der Waals surface area contributed by atoms with Crippen molar-refractivity contribution in [3.8, 4) is 0 Å². The zero-order valence-corrected chi connectivity index (χ0v) is 12.3. The Morgan fingerprint density at radius 1 is 1.38 bits per heavy atom. The Bertz CT molecular complexity index is 583. The van der Waals surface area contributed by atoms with Gasteiger partial charge in [0.2, 0.25) is 5.91 Å². The first-order valence-corrected chi connectivity index (χ1v) is 7.73. The molecule has 1 N–H and O–H groups in total. The number of rotatable bonds is 4. The van der Waals surface area contributed by atoms with Gasteiger partial charge in [0.05, 0.1) is 5.92 Å². The van der Waals surface area contributed by atoms with Crippen LogP contribution in [0.4, 0.5) is 0 Å². The first-order chi connectivity index (χ1) is 10.1. The van der Waals surface area contributed by atoms with E-state index < -0.39 is 11.5 Å².